The van der Waals surface area contributed by atoms with E-state index in [0.29, 0.717) is 10.9 Å². The second-order valence-corrected chi connectivity index (χ2v) is 4.31. The lowest BCUT2D eigenvalue weighted by Gasteiger charge is -2.06. The molecule has 1 unspecified atom stereocenters. The molecule has 0 aliphatic rings. The molecule has 0 heterocycles. The molecule has 0 saturated heterocycles. The maximum absolute atomic E-state index is 13.2. The van der Waals surface area contributed by atoms with E-state index in [1.807, 2.05) is 0 Å². The number of carbonyl (C=O) groups excluding carboxylic acids is 1. The van der Waals surface area contributed by atoms with Crippen LogP contribution in [0.1, 0.15) is 23.7 Å². The summed E-state index contributed by atoms with van der Waals surface area (Å²) in [6, 6.07) is 4.24. The molecule has 1 rings (SSSR count). The fourth-order valence-electron chi connectivity index (χ4n) is 1.04. The minimum atomic E-state index is -0.654. The predicted molar refractivity (Wildman–Crippen MR) is 58.4 cm³/mol. The molecular weight excluding hydrogens is 270 g/mol. The van der Waals surface area contributed by atoms with E-state index in [2.05, 4.69) is 15.9 Å². The molecular formula is C10H9BrClFO. The number of hydrogen-bond acceptors (Lipinski definition) is 1. The number of halogens is 3. The molecule has 0 bridgehead atoms. The van der Waals surface area contributed by atoms with Crippen LogP contribution in [0.25, 0.3) is 0 Å². The lowest BCUT2D eigenvalue weighted by Crippen LogP contribution is -2.15. The third kappa shape index (κ3) is 2.55. The fourth-order valence-corrected chi connectivity index (χ4v) is 1.52. The summed E-state index contributed by atoms with van der Waals surface area (Å²) in [6.07, 6.45) is 0.492. The van der Waals surface area contributed by atoms with Crippen molar-refractivity contribution in [2.75, 3.05) is 0 Å². The number of alkyl halides is 1. The van der Waals surface area contributed by atoms with Crippen LogP contribution in [0.5, 0.6) is 0 Å². The van der Waals surface area contributed by atoms with E-state index in [1.54, 1.807) is 13.0 Å². The maximum Gasteiger partial charge on any atom is 0.183 e. The molecule has 1 atom stereocenters. The van der Waals surface area contributed by atoms with Crippen LogP contribution in [0.2, 0.25) is 0 Å². The van der Waals surface area contributed by atoms with Crippen molar-refractivity contribution in [3.63, 3.8) is 0 Å². The van der Waals surface area contributed by atoms with Gasteiger partial charge in [0, 0.05) is 4.47 Å². The molecule has 0 N–H and O–H groups in total. The molecule has 4 heteroatoms. The minimum absolute atomic E-state index is 0.0428. The molecule has 0 fully saturated rings. The summed E-state index contributed by atoms with van der Waals surface area (Å²) in [6.45, 7) is 1.78. The van der Waals surface area contributed by atoms with Gasteiger partial charge in [0.05, 0.1) is 10.9 Å². The van der Waals surface area contributed by atoms with Gasteiger partial charge >= 0.3 is 0 Å². The monoisotopic (exact) mass is 278 g/mol. The third-order valence-electron chi connectivity index (χ3n) is 1.84. The first-order valence-corrected chi connectivity index (χ1v) is 5.42. The zero-order valence-corrected chi connectivity index (χ0v) is 9.90. The Hall–Kier alpha value is -0.410. The molecule has 0 aromatic heterocycles. The molecule has 1 nitrogen and oxygen atoms in total. The molecule has 0 aliphatic heterocycles. The van der Waals surface area contributed by atoms with E-state index in [-0.39, 0.29) is 11.3 Å². The van der Waals surface area contributed by atoms with Crippen LogP contribution in [-0.4, -0.2) is 11.2 Å². The van der Waals surface area contributed by atoms with Gasteiger partial charge in [0.2, 0.25) is 0 Å². The number of ketones is 1. The summed E-state index contributed by atoms with van der Waals surface area (Å²) in [4.78, 5) is 11.6. The smallest absolute Gasteiger partial charge is 0.183 e. The zero-order valence-electron chi connectivity index (χ0n) is 7.56. The second-order valence-electron chi connectivity index (χ2n) is 2.86. The minimum Gasteiger partial charge on any atom is -0.292 e. The Morgan fingerprint density at radius 1 is 1.64 bits per heavy atom. The van der Waals surface area contributed by atoms with E-state index >= 15 is 0 Å². The van der Waals surface area contributed by atoms with Crippen molar-refractivity contribution in [2.24, 2.45) is 0 Å². The highest BCUT2D eigenvalue weighted by molar-refractivity contribution is 9.10. The SMILES string of the molecule is CCC(Cl)C(=O)c1cc(Br)ccc1F. The molecule has 0 saturated carbocycles. The van der Waals surface area contributed by atoms with Crippen molar-refractivity contribution < 1.29 is 9.18 Å². The highest BCUT2D eigenvalue weighted by atomic mass is 79.9. The second kappa shape index (κ2) is 4.89. The lowest BCUT2D eigenvalue weighted by molar-refractivity contribution is 0.0982. The Balaban J connectivity index is 3.06. The topological polar surface area (TPSA) is 17.1 Å². The number of rotatable bonds is 3. The van der Waals surface area contributed by atoms with Crippen molar-refractivity contribution in [1.82, 2.24) is 0 Å². The van der Waals surface area contributed by atoms with Gasteiger partial charge in [0.15, 0.2) is 5.78 Å². The van der Waals surface area contributed by atoms with E-state index < -0.39 is 11.2 Å². The first-order valence-electron chi connectivity index (χ1n) is 4.19. The van der Waals surface area contributed by atoms with E-state index in [0.717, 1.165) is 0 Å². The summed E-state index contributed by atoms with van der Waals surface area (Å²) in [5.74, 6) is -0.898. The van der Waals surface area contributed by atoms with Gasteiger partial charge in [-0.3, -0.25) is 4.79 Å². The van der Waals surface area contributed by atoms with Crippen LogP contribution in [0, 0.1) is 5.82 Å². The Labute approximate surface area is 95.4 Å². The number of benzene rings is 1. The van der Waals surface area contributed by atoms with Crippen molar-refractivity contribution in [3.05, 3.63) is 34.1 Å². The summed E-state index contributed by atoms with van der Waals surface area (Å²) in [5, 5.41) is -0.654. The van der Waals surface area contributed by atoms with Gasteiger partial charge in [-0.25, -0.2) is 4.39 Å². The Morgan fingerprint density at radius 3 is 2.86 bits per heavy atom. The summed E-state index contributed by atoms with van der Waals surface area (Å²) in [7, 11) is 0. The van der Waals surface area contributed by atoms with Gasteiger partial charge in [-0.2, -0.15) is 0 Å². The highest BCUT2D eigenvalue weighted by Gasteiger charge is 2.18. The van der Waals surface area contributed by atoms with Crippen LogP contribution in [0.3, 0.4) is 0 Å². The first-order chi connectivity index (χ1) is 6.56. The third-order valence-corrected chi connectivity index (χ3v) is 2.84. The quantitative estimate of drug-likeness (QED) is 0.608. The fraction of sp³-hybridized carbons (Fsp3) is 0.300. The Bertz CT molecular complexity index is 354. The van der Waals surface area contributed by atoms with Gasteiger partial charge in [0.25, 0.3) is 0 Å². The lowest BCUT2D eigenvalue weighted by atomic mass is 10.1. The zero-order chi connectivity index (χ0) is 10.7. The molecule has 0 amide bonds. The van der Waals surface area contributed by atoms with E-state index in [9.17, 15) is 9.18 Å². The van der Waals surface area contributed by atoms with Crippen molar-refractivity contribution in [1.29, 1.82) is 0 Å². The molecule has 1 aromatic carbocycles. The molecule has 76 valence electrons. The van der Waals surface area contributed by atoms with Gasteiger partial charge in [-0.15, -0.1) is 11.6 Å². The van der Waals surface area contributed by atoms with Crippen LogP contribution in [0.4, 0.5) is 4.39 Å². The summed E-state index contributed by atoms with van der Waals surface area (Å²) >= 11 is 8.92. The largest absolute Gasteiger partial charge is 0.292 e. The van der Waals surface area contributed by atoms with Crippen molar-refractivity contribution in [2.45, 2.75) is 18.7 Å². The van der Waals surface area contributed by atoms with Crippen LogP contribution in [0.15, 0.2) is 22.7 Å². The van der Waals surface area contributed by atoms with Crippen LogP contribution >= 0.6 is 27.5 Å². The average Bonchev–Trinajstić information content (AvgIpc) is 2.19. The van der Waals surface area contributed by atoms with Gasteiger partial charge in [0.1, 0.15) is 5.82 Å². The number of carbonyl (C=O) groups is 1. The standard InChI is InChI=1S/C10H9BrClFO/c1-2-8(12)10(14)7-5-6(11)3-4-9(7)13/h3-5,8H,2H2,1H3. The van der Waals surface area contributed by atoms with Gasteiger partial charge in [-0.1, -0.05) is 22.9 Å². The van der Waals surface area contributed by atoms with Gasteiger partial charge in [-0.05, 0) is 24.6 Å². The van der Waals surface area contributed by atoms with Crippen LogP contribution in [-0.2, 0) is 0 Å². The maximum atomic E-state index is 13.2. The molecule has 1 aromatic rings. The molecule has 0 aliphatic carbocycles. The molecule has 0 spiro atoms. The predicted octanol–water partition coefficient (Wildman–Crippen LogP) is 3.79. The number of Topliss-reactive ketones (excluding diaryl/α,β-unsaturated/α-hetero) is 1. The molecule has 14 heavy (non-hydrogen) atoms. The highest BCUT2D eigenvalue weighted by Crippen LogP contribution is 2.19. The molecule has 0 radical (unpaired) electrons. The van der Waals surface area contributed by atoms with Crippen LogP contribution < -0.4 is 0 Å². The average molecular weight is 280 g/mol. The normalized spacial score (nSPS) is 12.6. The summed E-state index contributed by atoms with van der Waals surface area (Å²) in [5.41, 5.74) is 0.0428. The van der Waals surface area contributed by atoms with E-state index in [4.69, 9.17) is 11.6 Å². The Kier molecular flexibility index (Phi) is 4.08. The number of hydrogen-bond donors (Lipinski definition) is 0. The van der Waals surface area contributed by atoms with Crippen molar-refractivity contribution >= 4 is 33.3 Å². The van der Waals surface area contributed by atoms with Crippen molar-refractivity contribution in [3.8, 4) is 0 Å². The van der Waals surface area contributed by atoms with E-state index in [1.165, 1.54) is 12.1 Å². The summed E-state index contributed by atoms with van der Waals surface area (Å²) < 4.78 is 13.9. The Morgan fingerprint density at radius 2 is 2.29 bits per heavy atom. The first kappa shape index (κ1) is 11.7. The van der Waals surface area contributed by atoms with Gasteiger partial charge < -0.3 is 0 Å².